The van der Waals surface area contributed by atoms with Crippen LogP contribution in [0.3, 0.4) is 0 Å². The van der Waals surface area contributed by atoms with E-state index in [-0.39, 0.29) is 6.10 Å². The van der Waals surface area contributed by atoms with Gasteiger partial charge in [0.2, 0.25) is 0 Å². The van der Waals surface area contributed by atoms with Crippen molar-refractivity contribution in [2.75, 3.05) is 23.7 Å². The molecule has 1 aromatic rings. The summed E-state index contributed by atoms with van der Waals surface area (Å²) >= 11 is 0. The molecule has 16 heavy (non-hydrogen) atoms. The van der Waals surface area contributed by atoms with E-state index in [4.69, 9.17) is 15.6 Å². The highest BCUT2D eigenvalue weighted by molar-refractivity contribution is 5.84. The fourth-order valence-corrected chi connectivity index (χ4v) is 1.55. The van der Waals surface area contributed by atoms with Crippen molar-refractivity contribution >= 4 is 17.5 Å². The Bertz CT molecular complexity index is 408. The van der Waals surface area contributed by atoms with Crippen molar-refractivity contribution in [3.8, 4) is 5.75 Å². The summed E-state index contributed by atoms with van der Waals surface area (Å²) in [6, 6.07) is 5.05. The minimum absolute atomic E-state index is 0.0363. The van der Waals surface area contributed by atoms with Gasteiger partial charge in [0.1, 0.15) is 11.9 Å². The van der Waals surface area contributed by atoms with Crippen LogP contribution in [0.2, 0.25) is 0 Å². The van der Waals surface area contributed by atoms with E-state index < -0.39 is 6.09 Å². The van der Waals surface area contributed by atoms with Gasteiger partial charge in [-0.1, -0.05) is 0 Å². The Kier molecular flexibility index (Phi) is 2.82. The summed E-state index contributed by atoms with van der Waals surface area (Å²) in [6.45, 7) is 1.07. The maximum Gasteiger partial charge on any atom is 0.409 e. The average molecular weight is 223 g/mol. The van der Waals surface area contributed by atoms with Crippen molar-refractivity contribution in [3.63, 3.8) is 0 Å². The molecule has 86 valence electrons. The van der Waals surface area contributed by atoms with E-state index in [1.165, 1.54) is 0 Å². The van der Waals surface area contributed by atoms with Gasteiger partial charge in [-0.25, -0.2) is 4.79 Å². The summed E-state index contributed by atoms with van der Waals surface area (Å²) in [4.78, 5) is 10.5. The molecule has 0 fully saturated rings. The first-order valence-corrected chi connectivity index (χ1v) is 4.93. The summed E-state index contributed by atoms with van der Waals surface area (Å²) in [5, 5.41) is 14.0. The summed E-state index contributed by atoms with van der Waals surface area (Å²) in [7, 11) is 0. The highest BCUT2D eigenvalue weighted by atomic mass is 16.5. The molecule has 0 saturated heterocycles. The molecule has 0 bridgehead atoms. The Labute approximate surface area is 92.4 Å². The molecule has 2 rings (SSSR count). The molecule has 5 N–H and O–H groups in total. The third kappa shape index (κ3) is 2.17. The predicted octanol–water partition coefficient (Wildman–Crippen LogP) is 0.908. The van der Waals surface area contributed by atoms with Crippen LogP contribution in [-0.4, -0.2) is 30.4 Å². The van der Waals surface area contributed by atoms with Crippen LogP contribution >= 0.6 is 0 Å². The Balaban J connectivity index is 2.18. The fraction of sp³-hybridized carbons (Fsp3) is 0.300. The van der Waals surface area contributed by atoms with Gasteiger partial charge >= 0.3 is 6.09 Å². The number of anilines is 2. The molecule has 6 nitrogen and oxygen atoms in total. The summed E-state index contributed by atoms with van der Waals surface area (Å²) in [5.41, 5.74) is 6.78. The quantitative estimate of drug-likeness (QED) is 0.597. The molecular weight excluding hydrogens is 210 g/mol. The highest BCUT2D eigenvalue weighted by Gasteiger charge is 2.18. The molecular formula is C10H13N3O3. The number of carboxylic acid groups (broad SMARTS) is 1. The minimum atomic E-state index is -1.09. The van der Waals surface area contributed by atoms with Crippen molar-refractivity contribution < 1.29 is 14.6 Å². The maximum absolute atomic E-state index is 10.5. The number of nitrogens with one attached hydrogen (secondary N) is 2. The lowest BCUT2D eigenvalue weighted by Gasteiger charge is -2.26. The van der Waals surface area contributed by atoms with Crippen LogP contribution in [0.5, 0.6) is 5.75 Å². The maximum atomic E-state index is 10.5. The lowest BCUT2D eigenvalue weighted by Crippen LogP contribution is -2.36. The van der Waals surface area contributed by atoms with Crippen molar-refractivity contribution in [2.45, 2.75) is 6.10 Å². The van der Waals surface area contributed by atoms with E-state index in [9.17, 15) is 4.79 Å². The molecule has 1 atom stereocenters. The van der Waals surface area contributed by atoms with Gasteiger partial charge in [-0.2, -0.15) is 0 Å². The second-order valence-corrected chi connectivity index (χ2v) is 3.50. The third-order valence-electron chi connectivity index (χ3n) is 2.31. The van der Waals surface area contributed by atoms with E-state index in [1.807, 2.05) is 0 Å². The standard InChI is InChI=1S/C10H13N3O3/c11-4-7-5-12-8-3-6(13-10(14)15)1-2-9(8)16-7/h1-3,7,12-13H,4-5,11H2,(H,14,15). The third-order valence-corrected chi connectivity index (χ3v) is 2.31. The van der Waals surface area contributed by atoms with Crippen LogP contribution in [0.1, 0.15) is 0 Å². The summed E-state index contributed by atoms with van der Waals surface area (Å²) < 4.78 is 5.58. The number of rotatable bonds is 2. The van der Waals surface area contributed by atoms with Crippen molar-refractivity contribution in [1.29, 1.82) is 0 Å². The van der Waals surface area contributed by atoms with Gasteiger partial charge < -0.3 is 20.9 Å². The molecule has 0 spiro atoms. The van der Waals surface area contributed by atoms with Crippen LogP contribution in [0.4, 0.5) is 16.2 Å². The van der Waals surface area contributed by atoms with Gasteiger partial charge in [-0.05, 0) is 18.2 Å². The molecule has 0 saturated carbocycles. The number of nitrogens with two attached hydrogens (primary N) is 1. The number of hydrogen-bond acceptors (Lipinski definition) is 4. The van der Waals surface area contributed by atoms with Crippen molar-refractivity contribution in [3.05, 3.63) is 18.2 Å². The van der Waals surface area contributed by atoms with Crippen LogP contribution in [0.15, 0.2) is 18.2 Å². The predicted molar refractivity (Wildman–Crippen MR) is 60.0 cm³/mol. The Morgan fingerprint density at radius 2 is 2.50 bits per heavy atom. The SMILES string of the molecule is NCC1CNc2cc(NC(=O)O)ccc2O1. The highest BCUT2D eigenvalue weighted by Crippen LogP contribution is 2.31. The van der Waals surface area contributed by atoms with E-state index in [0.29, 0.717) is 24.5 Å². The van der Waals surface area contributed by atoms with Gasteiger partial charge in [-0.3, -0.25) is 5.32 Å². The first-order valence-electron chi connectivity index (χ1n) is 4.93. The van der Waals surface area contributed by atoms with Crippen molar-refractivity contribution in [2.24, 2.45) is 5.73 Å². The number of benzene rings is 1. The molecule has 0 aliphatic carbocycles. The molecule has 1 aliphatic rings. The lowest BCUT2D eigenvalue weighted by atomic mass is 10.2. The van der Waals surface area contributed by atoms with Gasteiger partial charge in [0.15, 0.2) is 0 Å². The second kappa shape index (κ2) is 4.28. The van der Waals surface area contributed by atoms with Crippen LogP contribution in [0.25, 0.3) is 0 Å². The summed E-state index contributed by atoms with van der Waals surface area (Å²) in [5.74, 6) is 0.692. The van der Waals surface area contributed by atoms with Crippen LogP contribution in [0, 0.1) is 0 Å². The molecule has 1 aliphatic heterocycles. The lowest BCUT2D eigenvalue weighted by molar-refractivity contribution is 0.209. The number of ether oxygens (including phenoxy) is 1. The topological polar surface area (TPSA) is 96.6 Å². The average Bonchev–Trinajstić information content (AvgIpc) is 2.27. The molecule has 0 aromatic heterocycles. The normalized spacial score (nSPS) is 17.9. The van der Waals surface area contributed by atoms with E-state index in [0.717, 1.165) is 5.69 Å². The van der Waals surface area contributed by atoms with Crippen LogP contribution < -0.4 is 21.1 Å². The van der Waals surface area contributed by atoms with Crippen molar-refractivity contribution in [1.82, 2.24) is 0 Å². The molecule has 0 radical (unpaired) electrons. The zero-order chi connectivity index (χ0) is 11.5. The number of hydrogen-bond donors (Lipinski definition) is 4. The van der Waals surface area contributed by atoms with Gasteiger partial charge in [0.05, 0.1) is 12.2 Å². The zero-order valence-corrected chi connectivity index (χ0v) is 8.56. The molecule has 1 amide bonds. The number of fused-ring (bicyclic) bond motifs is 1. The van der Waals surface area contributed by atoms with E-state index in [1.54, 1.807) is 18.2 Å². The molecule has 1 aromatic carbocycles. The first kappa shape index (κ1) is 10.6. The number of carbonyl (C=O) groups is 1. The van der Waals surface area contributed by atoms with Gasteiger partial charge in [0.25, 0.3) is 0 Å². The van der Waals surface area contributed by atoms with Gasteiger partial charge in [0, 0.05) is 12.2 Å². The monoisotopic (exact) mass is 223 g/mol. The van der Waals surface area contributed by atoms with Gasteiger partial charge in [-0.15, -0.1) is 0 Å². The molecule has 1 unspecified atom stereocenters. The number of amides is 1. The Morgan fingerprint density at radius 1 is 1.69 bits per heavy atom. The Morgan fingerprint density at radius 3 is 3.19 bits per heavy atom. The second-order valence-electron chi connectivity index (χ2n) is 3.50. The summed E-state index contributed by atoms with van der Waals surface area (Å²) in [6.07, 6.45) is -1.12. The molecule has 1 heterocycles. The molecule has 6 heteroatoms. The largest absolute Gasteiger partial charge is 0.485 e. The smallest absolute Gasteiger partial charge is 0.409 e. The minimum Gasteiger partial charge on any atom is -0.485 e. The van der Waals surface area contributed by atoms with E-state index >= 15 is 0 Å². The zero-order valence-electron chi connectivity index (χ0n) is 8.56. The van der Waals surface area contributed by atoms with E-state index in [2.05, 4.69) is 10.6 Å². The van der Waals surface area contributed by atoms with Crippen LogP contribution in [-0.2, 0) is 0 Å². The first-order chi connectivity index (χ1) is 7.69. The Hall–Kier alpha value is -1.95. The fourth-order valence-electron chi connectivity index (χ4n) is 1.55.